The molecule has 0 saturated carbocycles. The summed E-state index contributed by atoms with van der Waals surface area (Å²) >= 11 is 0. The minimum atomic E-state index is -0.0910. The molecule has 0 unspecified atom stereocenters. The van der Waals surface area contributed by atoms with E-state index in [0.29, 0.717) is 23.0 Å². The van der Waals surface area contributed by atoms with Gasteiger partial charge in [0.15, 0.2) is 5.43 Å². The molecule has 1 aromatic carbocycles. The standard InChI is InChI=1S/C23H23N7O2.C4H8O/c1-29-8-10-30(11-9-29)22(32)21-13-15-12-16(2-3-18(15)27-21)26-23-25-7-5-19(28-23)20-14-17(31)4-6-24-20;1-2-4-5-3-1/h2-7,12-14,27H,8-11H2,1H3,(H,24,31)(H,25,26,28);1-4H2. The van der Waals surface area contributed by atoms with Crippen molar-refractivity contribution in [3.05, 3.63) is 70.8 Å². The molecular formula is C27H31N7O3. The first-order chi connectivity index (χ1) is 18.0. The number of nitrogens with one attached hydrogen (secondary N) is 3. The molecule has 1 amide bonds. The number of hydrogen-bond acceptors (Lipinski definition) is 7. The molecule has 3 aromatic heterocycles. The normalized spacial score (nSPS) is 15.9. The van der Waals surface area contributed by atoms with Gasteiger partial charge in [0.05, 0.1) is 11.4 Å². The van der Waals surface area contributed by atoms with E-state index in [4.69, 9.17) is 4.74 Å². The molecule has 5 heterocycles. The number of aromatic nitrogens is 4. The first-order valence-corrected chi connectivity index (χ1v) is 12.5. The number of anilines is 2. The molecule has 3 N–H and O–H groups in total. The van der Waals surface area contributed by atoms with Crippen molar-refractivity contribution in [2.45, 2.75) is 12.8 Å². The first kappa shape index (κ1) is 24.7. The summed E-state index contributed by atoms with van der Waals surface area (Å²) < 4.78 is 4.94. The maximum absolute atomic E-state index is 12.9. The van der Waals surface area contributed by atoms with Crippen LogP contribution in [0.3, 0.4) is 0 Å². The highest BCUT2D eigenvalue weighted by molar-refractivity contribution is 5.98. The summed E-state index contributed by atoms with van der Waals surface area (Å²) in [5, 5.41) is 4.13. The predicted octanol–water partition coefficient (Wildman–Crippen LogP) is 3.24. The lowest BCUT2D eigenvalue weighted by Crippen LogP contribution is -2.47. The van der Waals surface area contributed by atoms with Gasteiger partial charge in [-0.25, -0.2) is 9.97 Å². The fraction of sp³-hybridized carbons (Fsp3) is 0.333. The van der Waals surface area contributed by atoms with E-state index in [1.807, 2.05) is 29.2 Å². The second-order valence-corrected chi connectivity index (χ2v) is 9.23. The Bertz CT molecular complexity index is 1410. The van der Waals surface area contributed by atoms with Crippen molar-refractivity contribution in [3.8, 4) is 11.4 Å². The second kappa shape index (κ2) is 11.4. The lowest BCUT2D eigenvalue weighted by Gasteiger charge is -2.32. The molecule has 0 spiro atoms. The van der Waals surface area contributed by atoms with Crippen molar-refractivity contribution >= 4 is 28.4 Å². The Kier molecular flexibility index (Phi) is 7.57. The smallest absolute Gasteiger partial charge is 0.270 e. The van der Waals surface area contributed by atoms with E-state index in [9.17, 15) is 9.59 Å². The Balaban J connectivity index is 0.000000503. The molecule has 0 bridgehead atoms. The van der Waals surface area contributed by atoms with E-state index < -0.39 is 0 Å². The number of nitrogens with zero attached hydrogens (tertiary/aromatic N) is 4. The van der Waals surface area contributed by atoms with E-state index >= 15 is 0 Å². The third-order valence-electron chi connectivity index (χ3n) is 6.43. The van der Waals surface area contributed by atoms with Gasteiger partial charge in [0.1, 0.15) is 5.69 Å². The number of hydrogen-bond donors (Lipinski definition) is 3. The molecule has 10 nitrogen and oxygen atoms in total. The molecule has 0 aliphatic carbocycles. The topological polar surface area (TPSA) is 119 Å². The number of carbonyl (C=O) groups is 1. The third kappa shape index (κ3) is 6.22. The summed E-state index contributed by atoms with van der Waals surface area (Å²) in [6.45, 7) is 5.24. The predicted molar refractivity (Wildman–Crippen MR) is 143 cm³/mol. The Morgan fingerprint density at radius 2 is 1.84 bits per heavy atom. The molecule has 2 fully saturated rings. The van der Waals surface area contributed by atoms with Gasteiger partial charge in [0.2, 0.25) is 5.95 Å². The molecule has 4 aromatic rings. The fourth-order valence-corrected chi connectivity index (χ4v) is 4.31. The maximum atomic E-state index is 12.9. The lowest BCUT2D eigenvalue weighted by atomic mass is 10.2. The van der Waals surface area contributed by atoms with Gasteiger partial charge in [-0.05, 0) is 50.2 Å². The second-order valence-electron chi connectivity index (χ2n) is 9.23. The number of ether oxygens (including phenoxy) is 1. The van der Waals surface area contributed by atoms with Gasteiger partial charge in [-0.2, -0.15) is 0 Å². The number of likely N-dealkylation sites (N-methyl/N-ethyl adjacent to an activating group) is 1. The monoisotopic (exact) mass is 501 g/mol. The quantitative estimate of drug-likeness (QED) is 0.393. The van der Waals surface area contributed by atoms with Gasteiger partial charge in [0.25, 0.3) is 5.91 Å². The summed E-state index contributed by atoms with van der Waals surface area (Å²) in [7, 11) is 2.07. The summed E-state index contributed by atoms with van der Waals surface area (Å²) in [5.41, 5.74) is 3.43. The van der Waals surface area contributed by atoms with Crippen LogP contribution in [0.2, 0.25) is 0 Å². The Labute approximate surface area is 214 Å². The average Bonchev–Trinajstić information content (AvgIpc) is 3.63. The summed E-state index contributed by atoms with van der Waals surface area (Å²) in [6.07, 6.45) is 5.78. The minimum Gasteiger partial charge on any atom is -0.381 e. The molecule has 10 heteroatoms. The van der Waals surface area contributed by atoms with Gasteiger partial charge >= 0.3 is 0 Å². The molecule has 192 valence electrons. The van der Waals surface area contributed by atoms with Crippen LogP contribution < -0.4 is 10.7 Å². The summed E-state index contributed by atoms with van der Waals surface area (Å²) in [4.78, 5) is 43.6. The van der Waals surface area contributed by atoms with Crippen LogP contribution in [-0.2, 0) is 4.74 Å². The van der Waals surface area contributed by atoms with Gasteiger partial charge in [0, 0.05) is 80.5 Å². The van der Waals surface area contributed by atoms with Crippen molar-refractivity contribution in [3.63, 3.8) is 0 Å². The van der Waals surface area contributed by atoms with E-state index in [0.717, 1.165) is 56.0 Å². The Morgan fingerprint density at radius 1 is 1.03 bits per heavy atom. The molecule has 0 atom stereocenters. The van der Waals surface area contributed by atoms with Crippen LogP contribution in [-0.4, -0.2) is 82.1 Å². The zero-order valence-electron chi connectivity index (χ0n) is 20.9. The molecule has 2 saturated heterocycles. The van der Waals surface area contributed by atoms with Crippen LogP contribution in [0.5, 0.6) is 0 Å². The van der Waals surface area contributed by atoms with Crippen molar-refractivity contribution in [2.75, 3.05) is 51.8 Å². The zero-order valence-corrected chi connectivity index (χ0v) is 20.9. The van der Waals surface area contributed by atoms with Crippen molar-refractivity contribution < 1.29 is 9.53 Å². The lowest BCUT2D eigenvalue weighted by molar-refractivity contribution is 0.0659. The van der Waals surface area contributed by atoms with Crippen LogP contribution in [0, 0.1) is 0 Å². The first-order valence-electron chi connectivity index (χ1n) is 12.5. The Morgan fingerprint density at radius 3 is 2.57 bits per heavy atom. The fourth-order valence-electron chi connectivity index (χ4n) is 4.31. The average molecular weight is 502 g/mol. The largest absolute Gasteiger partial charge is 0.381 e. The third-order valence-corrected chi connectivity index (χ3v) is 6.43. The molecule has 37 heavy (non-hydrogen) atoms. The van der Waals surface area contributed by atoms with Crippen LogP contribution in [0.4, 0.5) is 11.6 Å². The van der Waals surface area contributed by atoms with E-state index in [1.54, 1.807) is 18.5 Å². The highest BCUT2D eigenvalue weighted by Gasteiger charge is 2.21. The number of rotatable bonds is 4. The van der Waals surface area contributed by atoms with Crippen molar-refractivity contribution in [2.24, 2.45) is 0 Å². The molecule has 2 aliphatic rings. The molecule has 6 rings (SSSR count). The highest BCUT2D eigenvalue weighted by Crippen LogP contribution is 2.23. The highest BCUT2D eigenvalue weighted by atomic mass is 16.5. The number of aromatic amines is 2. The van der Waals surface area contributed by atoms with Gasteiger partial charge < -0.3 is 29.8 Å². The van der Waals surface area contributed by atoms with E-state index in [1.165, 1.54) is 25.0 Å². The van der Waals surface area contributed by atoms with Gasteiger partial charge in [-0.3, -0.25) is 9.59 Å². The van der Waals surface area contributed by atoms with Gasteiger partial charge in [-0.1, -0.05) is 0 Å². The number of carbonyl (C=O) groups excluding carboxylic acids is 1. The van der Waals surface area contributed by atoms with Gasteiger partial charge in [-0.15, -0.1) is 0 Å². The zero-order chi connectivity index (χ0) is 25.6. The van der Waals surface area contributed by atoms with Crippen LogP contribution in [0.15, 0.2) is 59.7 Å². The molecular weight excluding hydrogens is 470 g/mol. The minimum absolute atomic E-state index is 0.0247. The van der Waals surface area contributed by atoms with Crippen LogP contribution >= 0.6 is 0 Å². The number of benzene rings is 1. The summed E-state index contributed by atoms with van der Waals surface area (Å²) in [6, 6.07) is 12.4. The van der Waals surface area contributed by atoms with Crippen LogP contribution in [0.1, 0.15) is 23.3 Å². The number of amides is 1. The Hall–Kier alpha value is -4.02. The molecule has 0 radical (unpaired) electrons. The number of H-pyrrole nitrogens is 2. The van der Waals surface area contributed by atoms with Crippen molar-refractivity contribution in [1.29, 1.82) is 0 Å². The number of fused-ring (bicyclic) bond motifs is 1. The summed E-state index contributed by atoms with van der Waals surface area (Å²) in [5.74, 6) is 0.438. The molecule has 2 aliphatic heterocycles. The SMILES string of the molecule is C1CCOC1.CN1CCN(C(=O)c2cc3cc(Nc4nccc(-c5cc(=O)cc[nH]5)n4)ccc3[nH]2)CC1. The van der Waals surface area contributed by atoms with Crippen molar-refractivity contribution in [1.82, 2.24) is 29.7 Å². The number of piperazine rings is 1. The van der Waals surface area contributed by atoms with E-state index in [-0.39, 0.29) is 11.3 Å². The number of pyridine rings is 1. The van der Waals surface area contributed by atoms with Crippen LogP contribution in [0.25, 0.3) is 22.3 Å². The maximum Gasteiger partial charge on any atom is 0.270 e. The van der Waals surface area contributed by atoms with E-state index in [2.05, 4.69) is 37.2 Å².